The average molecular weight is 585 g/mol. The molecule has 0 aromatic heterocycles. The van der Waals surface area contributed by atoms with Crippen LogP contribution >= 0.6 is 54.5 Å². The number of ketones is 1. The van der Waals surface area contributed by atoms with Crippen LogP contribution in [0.4, 0.5) is 5.69 Å². The summed E-state index contributed by atoms with van der Waals surface area (Å²) in [6, 6.07) is 23.7. The number of rotatable bonds is 6. The second-order valence-electron chi connectivity index (χ2n) is 5.89. The van der Waals surface area contributed by atoms with Crippen LogP contribution in [-0.4, -0.2) is 5.78 Å². The lowest BCUT2D eigenvalue weighted by Gasteiger charge is -2.20. The third-order valence-electron chi connectivity index (χ3n) is 4.01. The Bertz CT molecular complexity index is 877. The maximum Gasteiger partial charge on any atom is 0.165 e. The Kier molecular flexibility index (Phi) is 6.89. The number of carbonyl (C=O) groups excluding carboxylic acids is 1. The minimum absolute atomic E-state index is 0.0979. The van der Waals surface area contributed by atoms with Crippen molar-refractivity contribution in [3.63, 3.8) is 0 Å². The van der Waals surface area contributed by atoms with Crippen LogP contribution < -0.4 is 5.32 Å². The SMILES string of the molecule is O=C(C[C@@H](Nc1ccc(I)cc1)c1ccc(Br)cc1)c1ccc(Br)cc1. The fourth-order valence-corrected chi connectivity index (χ4v) is 3.52. The fourth-order valence-electron chi connectivity index (χ4n) is 2.63. The lowest BCUT2D eigenvalue weighted by Crippen LogP contribution is -2.16. The first kappa shape index (κ1) is 19.6. The molecular weight excluding hydrogens is 569 g/mol. The molecule has 1 atom stereocenters. The zero-order valence-corrected chi connectivity index (χ0v) is 19.1. The van der Waals surface area contributed by atoms with Gasteiger partial charge in [-0.1, -0.05) is 56.1 Å². The maximum atomic E-state index is 12.8. The minimum Gasteiger partial charge on any atom is -0.378 e. The van der Waals surface area contributed by atoms with E-state index in [1.165, 1.54) is 3.57 Å². The van der Waals surface area contributed by atoms with Gasteiger partial charge in [-0.2, -0.15) is 0 Å². The van der Waals surface area contributed by atoms with Crippen molar-refractivity contribution < 1.29 is 4.79 Å². The van der Waals surface area contributed by atoms with Crippen molar-refractivity contribution in [3.05, 3.63) is 96.4 Å². The van der Waals surface area contributed by atoms with Gasteiger partial charge in [0.05, 0.1) is 6.04 Å². The van der Waals surface area contributed by atoms with Crippen LogP contribution in [0.3, 0.4) is 0 Å². The molecule has 26 heavy (non-hydrogen) atoms. The molecule has 0 aliphatic carbocycles. The summed E-state index contributed by atoms with van der Waals surface area (Å²) in [6.07, 6.45) is 0.384. The molecule has 0 saturated carbocycles. The molecule has 0 bridgehead atoms. The highest BCUT2D eigenvalue weighted by molar-refractivity contribution is 14.1. The number of Topliss-reactive ketones (excluding diaryl/α,β-unsaturated/α-hetero) is 1. The van der Waals surface area contributed by atoms with Crippen LogP contribution in [0.25, 0.3) is 0 Å². The monoisotopic (exact) mass is 583 g/mol. The normalized spacial score (nSPS) is 11.8. The summed E-state index contributed by atoms with van der Waals surface area (Å²) < 4.78 is 3.17. The van der Waals surface area contributed by atoms with Gasteiger partial charge in [-0.05, 0) is 76.7 Å². The van der Waals surface area contributed by atoms with E-state index in [-0.39, 0.29) is 11.8 Å². The maximum absolute atomic E-state index is 12.8. The van der Waals surface area contributed by atoms with E-state index in [2.05, 4.69) is 71.9 Å². The lowest BCUT2D eigenvalue weighted by molar-refractivity contribution is 0.0976. The topological polar surface area (TPSA) is 29.1 Å². The predicted molar refractivity (Wildman–Crippen MR) is 123 cm³/mol. The molecule has 0 saturated heterocycles. The van der Waals surface area contributed by atoms with Crippen molar-refractivity contribution in [1.29, 1.82) is 0 Å². The zero-order chi connectivity index (χ0) is 18.5. The molecule has 3 rings (SSSR count). The van der Waals surface area contributed by atoms with Crippen LogP contribution in [0, 0.1) is 3.57 Å². The molecule has 132 valence electrons. The Hall–Kier alpha value is -1.18. The molecule has 0 amide bonds. The predicted octanol–water partition coefficient (Wildman–Crippen LogP) is 7.24. The molecule has 2 nitrogen and oxygen atoms in total. The van der Waals surface area contributed by atoms with Gasteiger partial charge in [0.25, 0.3) is 0 Å². The van der Waals surface area contributed by atoms with Crippen LogP contribution in [0.15, 0.2) is 81.7 Å². The van der Waals surface area contributed by atoms with E-state index in [0.29, 0.717) is 6.42 Å². The van der Waals surface area contributed by atoms with E-state index in [0.717, 1.165) is 25.8 Å². The highest BCUT2D eigenvalue weighted by Gasteiger charge is 2.17. The van der Waals surface area contributed by atoms with E-state index >= 15 is 0 Å². The number of hydrogen-bond donors (Lipinski definition) is 1. The van der Waals surface area contributed by atoms with Gasteiger partial charge < -0.3 is 5.32 Å². The van der Waals surface area contributed by atoms with E-state index < -0.39 is 0 Å². The van der Waals surface area contributed by atoms with Crippen molar-refractivity contribution in [2.45, 2.75) is 12.5 Å². The van der Waals surface area contributed by atoms with Crippen molar-refractivity contribution in [3.8, 4) is 0 Å². The van der Waals surface area contributed by atoms with Crippen LogP contribution in [0.5, 0.6) is 0 Å². The third-order valence-corrected chi connectivity index (χ3v) is 5.79. The Labute approximate surface area is 183 Å². The first-order chi connectivity index (χ1) is 12.5. The summed E-state index contributed by atoms with van der Waals surface area (Å²) in [6.45, 7) is 0. The quantitative estimate of drug-likeness (QED) is 0.244. The molecule has 3 aromatic rings. The lowest BCUT2D eigenvalue weighted by atomic mass is 9.97. The number of carbonyl (C=O) groups is 1. The van der Waals surface area contributed by atoms with Gasteiger partial charge in [-0.25, -0.2) is 0 Å². The number of nitrogens with one attached hydrogen (secondary N) is 1. The molecule has 0 heterocycles. The molecule has 3 aromatic carbocycles. The third kappa shape index (κ3) is 5.41. The van der Waals surface area contributed by atoms with Crippen LogP contribution in [0.2, 0.25) is 0 Å². The van der Waals surface area contributed by atoms with Crippen molar-refractivity contribution >= 4 is 65.9 Å². The largest absolute Gasteiger partial charge is 0.378 e. The smallest absolute Gasteiger partial charge is 0.165 e. The fraction of sp³-hybridized carbons (Fsp3) is 0.0952. The molecule has 0 unspecified atom stereocenters. The Morgan fingerprint density at radius 3 is 1.96 bits per heavy atom. The summed E-state index contributed by atoms with van der Waals surface area (Å²) in [5.41, 5.74) is 2.80. The van der Waals surface area contributed by atoms with Crippen molar-refractivity contribution in [1.82, 2.24) is 0 Å². The first-order valence-corrected chi connectivity index (χ1v) is 10.7. The number of benzene rings is 3. The van der Waals surface area contributed by atoms with E-state index in [9.17, 15) is 4.79 Å². The second kappa shape index (κ2) is 9.15. The molecule has 0 aliphatic heterocycles. The Morgan fingerprint density at radius 1 is 0.846 bits per heavy atom. The highest BCUT2D eigenvalue weighted by Crippen LogP contribution is 2.26. The van der Waals surface area contributed by atoms with Gasteiger partial charge >= 0.3 is 0 Å². The molecule has 0 aliphatic rings. The molecular formula is C21H16Br2INO. The standard InChI is InChI=1S/C21H16Br2INO/c22-16-5-1-14(2-6-16)20(25-19-11-9-18(24)10-12-19)13-21(26)15-3-7-17(23)8-4-15/h1-12,20,25H,13H2/t20-/m1/s1. The molecule has 1 N–H and O–H groups in total. The zero-order valence-electron chi connectivity index (χ0n) is 13.8. The summed E-state index contributed by atoms with van der Waals surface area (Å²) in [4.78, 5) is 12.8. The van der Waals surface area contributed by atoms with Gasteiger partial charge in [-0.3, -0.25) is 4.79 Å². The Morgan fingerprint density at radius 2 is 1.38 bits per heavy atom. The highest BCUT2D eigenvalue weighted by atomic mass is 127. The van der Waals surface area contributed by atoms with Gasteiger partial charge in [0.15, 0.2) is 5.78 Å². The molecule has 0 radical (unpaired) electrons. The number of halogens is 3. The summed E-state index contributed by atoms with van der Waals surface area (Å²) >= 11 is 9.17. The summed E-state index contributed by atoms with van der Waals surface area (Å²) in [5.74, 6) is 0.114. The van der Waals surface area contributed by atoms with Crippen molar-refractivity contribution in [2.24, 2.45) is 0 Å². The van der Waals surface area contributed by atoms with E-state index in [1.54, 1.807) is 0 Å². The van der Waals surface area contributed by atoms with Crippen molar-refractivity contribution in [2.75, 3.05) is 5.32 Å². The van der Waals surface area contributed by atoms with Crippen LogP contribution in [0.1, 0.15) is 28.4 Å². The minimum atomic E-state index is -0.0979. The molecule has 0 spiro atoms. The molecule has 5 heteroatoms. The van der Waals surface area contributed by atoms with Crippen LogP contribution in [-0.2, 0) is 0 Å². The summed E-state index contributed by atoms with van der Waals surface area (Å²) in [5, 5.41) is 3.51. The Balaban J connectivity index is 1.84. The number of anilines is 1. The summed E-state index contributed by atoms with van der Waals surface area (Å²) in [7, 11) is 0. The van der Waals surface area contributed by atoms with Gasteiger partial charge in [0.1, 0.15) is 0 Å². The van der Waals surface area contributed by atoms with E-state index in [1.807, 2.05) is 60.7 Å². The van der Waals surface area contributed by atoms with Gasteiger partial charge in [0, 0.05) is 30.2 Å². The molecule has 0 fully saturated rings. The van der Waals surface area contributed by atoms with E-state index in [4.69, 9.17) is 0 Å². The second-order valence-corrected chi connectivity index (χ2v) is 8.97. The van der Waals surface area contributed by atoms with Gasteiger partial charge in [0.2, 0.25) is 0 Å². The first-order valence-electron chi connectivity index (χ1n) is 8.07. The van der Waals surface area contributed by atoms with Gasteiger partial charge in [-0.15, -0.1) is 0 Å². The number of hydrogen-bond acceptors (Lipinski definition) is 2. The average Bonchev–Trinajstić information content (AvgIpc) is 2.64.